The van der Waals surface area contributed by atoms with E-state index in [4.69, 9.17) is 4.74 Å². The second kappa shape index (κ2) is 8.36. The van der Waals surface area contributed by atoms with Crippen molar-refractivity contribution >= 4 is 22.6 Å². The number of methoxy groups -OCH3 is 1. The van der Waals surface area contributed by atoms with Crippen molar-refractivity contribution in [3.8, 4) is 5.75 Å². The van der Waals surface area contributed by atoms with E-state index in [2.05, 4.69) is 5.32 Å². The van der Waals surface area contributed by atoms with Gasteiger partial charge in [-0.2, -0.15) is 0 Å². The van der Waals surface area contributed by atoms with Gasteiger partial charge in [0.15, 0.2) is 0 Å². The van der Waals surface area contributed by atoms with Gasteiger partial charge < -0.3 is 15.2 Å². The summed E-state index contributed by atoms with van der Waals surface area (Å²) in [5.74, 6) is -0.608. The summed E-state index contributed by atoms with van der Waals surface area (Å²) in [6.45, 7) is 0. The predicted octanol–water partition coefficient (Wildman–Crippen LogP) is 2.99. The highest BCUT2D eigenvalue weighted by Gasteiger charge is 2.22. The lowest BCUT2D eigenvalue weighted by Crippen LogP contribution is -2.43. The molecule has 0 aliphatic rings. The number of phenols is 1. The van der Waals surface area contributed by atoms with Crippen molar-refractivity contribution in [3.63, 3.8) is 0 Å². The van der Waals surface area contributed by atoms with Crippen molar-refractivity contribution in [2.75, 3.05) is 7.11 Å². The maximum Gasteiger partial charge on any atom is 0.328 e. The van der Waals surface area contributed by atoms with Gasteiger partial charge in [0.05, 0.1) is 13.5 Å². The number of fused-ring (bicyclic) bond motifs is 1. The van der Waals surface area contributed by atoms with Gasteiger partial charge in [0, 0.05) is 6.42 Å². The molecule has 3 aromatic rings. The van der Waals surface area contributed by atoms with Gasteiger partial charge >= 0.3 is 5.97 Å². The minimum absolute atomic E-state index is 0.147. The van der Waals surface area contributed by atoms with Gasteiger partial charge in [-0.3, -0.25) is 4.79 Å². The van der Waals surface area contributed by atoms with Gasteiger partial charge in [-0.1, -0.05) is 54.6 Å². The molecular weight excluding hydrogens is 342 g/mol. The van der Waals surface area contributed by atoms with E-state index in [0.29, 0.717) is 0 Å². The van der Waals surface area contributed by atoms with Gasteiger partial charge in [-0.25, -0.2) is 4.79 Å². The van der Waals surface area contributed by atoms with Crippen molar-refractivity contribution in [3.05, 3.63) is 77.9 Å². The van der Waals surface area contributed by atoms with Crippen LogP contribution in [-0.2, 0) is 27.2 Å². The summed E-state index contributed by atoms with van der Waals surface area (Å²) in [4.78, 5) is 24.5. The number of hydrogen-bond acceptors (Lipinski definition) is 4. The average molecular weight is 363 g/mol. The summed E-state index contributed by atoms with van der Waals surface area (Å²) in [5.41, 5.74) is 1.69. The number of phenolic OH excluding ortho intramolecular Hbond substituents is 1. The molecule has 5 heteroatoms. The molecule has 138 valence electrons. The normalized spacial score (nSPS) is 11.7. The third-order valence-electron chi connectivity index (χ3n) is 4.38. The molecule has 0 aromatic heterocycles. The summed E-state index contributed by atoms with van der Waals surface area (Å²) < 4.78 is 4.81. The quantitative estimate of drug-likeness (QED) is 0.660. The summed E-state index contributed by atoms with van der Waals surface area (Å²) in [7, 11) is 1.29. The Hall–Kier alpha value is -3.34. The summed E-state index contributed by atoms with van der Waals surface area (Å²) in [6, 6.07) is 19.5. The van der Waals surface area contributed by atoms with Crippen LogP contribution in [0.15, 0.2) is 66.7 Å². The first kappa shape index (κ1) is 18.5. The number of amides is 1. The van der Waals surface area contributed by atoms with Crippen LogP contribution in [0.1, 0.15) is 11.1 Å². The van der Waals surface area contributed by atoms with E-state index < -0.39 is 12.0 Å². The fraction of sp³-hybridized carbons (Fsp3) is 0.182. The Morgan fingerprint density at radius 2 is 1.63 bits per heavy atom. The smallest absolute Gasteiger partial charge is 0.328 e. The highest BCUT2D eigenvalue weighted by atomic mass is 16.5. The van der Waals surface area contributed by atoms with Crippen molar-refractivity contribution < 1.29 is 19.4 Å². The molecule has 3 rings (SSSR count). The van der Waals surface area contributed by atoms with E-state index in [1.54, 1.807) is 24.3 Å². The van der Waals surface area contributed by atoms with E-state index in [1.165, 1.54) is 7.11 Å². The van der Waals surface area contributed by atoms with Crippen LogP contribution in [0.25, 0.3) is 10.8 Å². The maximum absolute atomic E-state index is 12.5. The molecule has 0 aliphatic heterocycles. The Morgan fingerprint density at radius 3 is 2.33 bits per heavy atom. The van der Waals surface area contributed by atoms with Crippen molar-refractivity contribution in [2.24, 2.45) is 0 Å². The average Bonchev–Trinajstić information content (AvgIpc) is 2.68. The fourth-order valence-electron chi connectivity index (χ4n) is 2.98. The molecule has 1 unspecified atom stereocenters. The van der Waals surface area contributed by atoms with Crippen molar-refractivity contribution in [1.82, 2.24) is 5.32 Å². The molecule has 0 spiro atoms. The number of carbonyl (C=O) groups excluding carboxylic acids is 2. The summed E-state index contributed by atoms with van der Waals surface area (Å²) in [6.07, 6.45) is 0.463. The number of carbonyl (C=O) groups is 2. The number of benzene rings is 3. The molecule has 5 nitrogen and oxygen atoms in total. The van der Waals surface area contributed by atoms with Crippen LogP contribution in [0, 0.1) is 0 Å². The highest BCUT2D eigenvalue weighted by molar-refractivity contribution is 5.88. The van der Waals surface area contributed by atoms with Crippen LogP contribution in [0.5, 0.6) is 5.75 Å². The zero-order valence-electron chi connectivity index (χ0n) is 15.0. The first-order valence-electron chi connectivity index (χ1n) is 8.68. The third kappa shape index (κ3) is 4.85. The maximum atomic E-state index is 12.5. The largest absolute Gasteiger partial charge is 0.508 e. The molecule has 0 saturated heterocycles. The predicted molar refractivity (Wildman–Crippen MR) is 103 cm³/mol. The van der Waals surface area contributed by atoms with E-state index in [9.17, 15) is 14.7 Å². The van der Waals surface area contributed by atoms with Gasteiger partial charge in [0.1, 0.15) is 11.8 Å². The number of esters is 1. The minimum atomic E-state index is -0.785. The lowest BCUT2D eigenvalue weighted by molar-refractivity contribution is -0.145. The van der Waals surface area contributed by atoms with Gasteiger partial charge in [-0.15, -0.1) is 0 Å². The Kier molecular flexibility index (Phi) is 5.71. The van der Waals surface area contributed by atoms with Crippen molar-refractivity contribution in [1.29, 1.82) is 0 Å². The molecule has 0 radical (unpaired) electrons. The van der Waals surface area contributed by atoms with E-state index in [0.717, 1.165) is 21.9 Å². The number of nitrogens with one attached hydrogen (secondary N) is 1. The van der Waals surface area contributed by atoms with Crippen LogP contribution in [-0.4, -0.2) is 30.1 Å². The Bertz CT molecular complexity index is 950. The van der Waals surface area contributed by atoms with Crippen LogP contribution in [0.2, 0.25) is 0 Å². The lowest BCUT2D eigenvalue weighted by Gasteiger charge is -2.17. The Balaban J connectivity index is 1.69. The highest BCUT2D eigenvalue weighted by Crippen LogP contribution is 2.16. The number of rotatable bonds is 6. The van der Waals surface area contributed by atoms with Crippen LogP contribution >= 0.6 is 0 Å². The molecule has 27 heavy (non-hydrogen) atoms. The Morgan fingerprint density at radius 1 is 0.963 bits per heavy atom. The molecule has 0 heterocycles. The number of hydrogen-bond donors (Lipinski definition) is 2. The summed E-state index contributed by atoms with van der Waals surface area (Å²) >= 11 is 0. The minimum Gasteiger partial charge on any atom is -0.508 e. The molecule has 3 aromatic carbocycles. The first-order chi connectivity index (χ1) is 13.0. The second-order valence-corrected chi connectivity index (χ2v) is 6.37. The zero-order valence-corrected chi connectivity index (χ0v) is 15.0. The molecule has 0 bridgehead atoms. The third-order valence-corrected chi connectivity index (χ3v) is 4.38. The molecular formula is C22H21NO4. The standard InChI is InChI=1S/C22H21NO4/c1-27-22(26)20(13-15-7-10-19(24)11-8-15)23-21(25)14-16-6-9-17-4-2-3-5-18(17)12-16/h2-12,20,24H,13-14H2,1H3,(H,23,25). The fourth-order valence-corrected chi connectivity index (χ4v) is 2.98. The molecule has 2 N–H and O–H groups in total. The topological polar surface area (TPSA) is 75.6 Å². The van der Waals surface area contributed by atoms with Crippen LogP contribution < -0.4 is 5.32 Å². The first-order valence-corrected chi connectivity index (χ1v) is 8.68. The molecule has 1 atom stereocenters. The van der Waals surface area contributed by atoms with E-state index >= 15 is 0 Å². The van der Waals surface area contributed by atoms with Crippen LogP contribution in [0.4, 0.5) is 0 Å². The molecule has 1 amide bonds. The number of aromatic hydroxyl groups is 1. The molecule has 0 fully saturated rings. The summed E-state index contributed by atoms with van der Waals surface area (Å²) in [5, 5.41) is 14.3. The molecule has 0 aliphatic carbocycles. The van der Waals surface area contributed by atoms with Crippen molar-refractivity contribution in [2.45, 2.75) is 18.9 Å². The molecule has 0 saturated carbocycles. The number of ether oxygens (including phenoxy) is 1. The van der Waals surface area contributed by atoms with Crippen LogP contribution in [0.3, 0.4) is 0 Å². The Labute approximate surface area is 157 Å². The van der Waals surface area contributed by atoms with E-state index in [1.807, 2.05) is 42.5 Å². The van der Waals surface area contributed by atoms with Gasteiger partial charge in [-0.05, 0) is 34.0 Å². The van der Waals surface area contributed by atoms with Gasteiger partial charge in [0.25, 0.3) is 0 Å². The zero-order chi connectivity index (χ0) is 19.2. The van der Waals surface area contributed by atoms with E-state index in [-0.39, 0.29) is 24.5 Å². The second-order valence-electron chi connectivity index (χ2n) is 6.37. The lowest BCUT2D eigenvalue weighted by atomic mass is 10.0. The SMILES string of the molecule is COC(=O)C(Cc1ccc(O)cc1)NC(=O)Cc1ccc2ccccc2c1. The van der Waals surface area contributed by atoms with Gasteiger partial charge in [0.2, 0.25) is 5.91 Å². The monoisotopic (exact) mass is 363 g/mol.